The molecule has 0 aromatic heterocycles. The van der Waals surface area contributed by atoms with E-state index in [1.165, 1.54) is 19.3 Å². The normalized spacial score (nSPS) is 41.4. The summed E-state index contributed by atoms with van der Waals surface area (Å²) in [5, 5.41) is 3.97. The van der Waals surface area contributed by atoms with Gasteiger partial charge < -0.3 is 10.2 Å². The Morgan fingerprint density at radius 1 is 1.13 bits per heavy atom. The summed E-state index contributed by atoms with van der Waals surface area (Å²) < 4.78 is 0. The first-order valence-electron chi connectivity index (χ1n) is 11.8. The van der Waals surface area contributed by atoms with Crippen LogP contribution in [-0.4, -0.2) is 35.8 Å². The van der Waals surface area contributed by atoms with Gasteiger partial charge in [0.25, 0.3) is 5.91 Å². The van der Waals surface area contributed by atoms with Crippen molar-refractivity contribution in [2.75, 3.05) is 7.05 Å². The lowest BCUT2D eigenvalue weighted by Crippen LogP contribution is -2.60. The molecule has 0 saturated heterocycles. The molecule has 3 aliphatic carbocycles. The van der Waals surface area contributed by atoms with E-state index in [1.807, 2.05) is 24.1 Å². The lowest BCUT2D eigenvalue weighted by atomic mass is 9.48. The summed E-state index contributed by atoms with van der Waals surface area (Å²) in [6.45, 7) is 4.79. The van der Waals surface area contributed by atoms with Crippen LogP contribution >= 0.6 is 11.6 Å². The highest BCUT2D eigenvalue weighted by molar-refractivity contribution is 6.30. The van der Waals surface area contributed by atoms with Crippen LogP contribution in [0.5, 0.6) is 0 Å². The number of fused-ring (bicyclic) bond motifs is 5. The fourth-order valence-corrected chi connectivity index (χ4v) is 8.04. The van der Waals surface area contributed by atoms with Gasteiger partial charge in [0.05, 0.1) is 0 Å². The third kappa shape index (κ3) is 3.16. The summed E-state index contributed by atoms with van der Waals surface area (Å²) in [4.78, 5) is 27.2. The molecule has 1 aromatic carbocycles. The molecule has 1 heterocycles. The van der Waals surface area contributed by atoms with Crippen LogP contribution in [0.15, 0.2) is 36.4 Å². The summed E-state index contributed by atoms with van der Waals surface area (Å²) in [5.41, 5.74) is 0.842. The summed E-state index contributed by atoms with van der Waals surface area (Å²) in [5.74, 6) is 2.04. The second kappa shape index (κ2) is 7.37. The molecular weight excluding hydrogens is 408 g/mol. The standard InChI is InChI=1S/C26H33ClN2O2/c1-25-13-11-20-18(7-10-22-26(20,2)14-12-23(30)29(22)3)19(25)8-9-21(25)28-24(31)16-5-4-6-17(27)15-16/h4-6,12,14-15,18-22H,7-11,13H2,1-3H3,(H,28,31)/t18-,19-,20+,21?,22?,25-,26+/m0/s1. The van der Waals surface area contributed by atoms with Crippen LogP contribution in [0.4, 0.5) is 0 Å². The molecule has 0 spiro atoms. The monoisotopic (exact) mass is 440 g/mol. The Morgan fingerprint density at radius 3 is 2.71 bits per heavy atom. The fourth-order valence-electron chi connectivity index (χ4n) is 7.85. The Balaban J connectivity index is 1.37. The summed E-state index contributed by atoms with van der Waals surface area (Å²) in [6, 6.07) is 7.74. The quantitative estimate of drug-likeness (QED) is 0.697. The molecule has 4 aliphatic rings. The molecule has 1 aromatic rings. The van der Waals surface area contributed by atoms with Crippen molar-refractivity contribution in [2.45, 2.75) is 64.5 Å². The second-order valence-electron chi connectivity index (χ2n) is 10.8. The van der Waals surface area contributed by atoms with Crippen LogP contribution in [-0.2, 0) is 4.79 Å². The molecule has 0 radical (unpaired) electrons. The van der Waals surface area contributed by atoms with Gasteiger partial charge in [0.15, 0.2) is 0 Å². The van der Waals surface area contributed by atoms with Crippen molar-refractivity contribution in [1.29, 1.82) is 0 Å². The first-order valence-corrected chi connectivity index (χ1v) is 12.1. The van der Waals surface area contributed by atoms with Crippen molar-refractivity contribution >= 4 is 23.4 Å². The number of carbonyl (C=O) groups excluding carboxylic acids is 2. The average Bonchev–Trinajstić information content (AvgIpc) is 3.07. The van der Waals surface area contributed by atoms with Crippen LogP contribution in [0.1, 0.15) is 62.7 Å². The molecule has 5 heteroatoms. The highest BCUT2D eigenvalue weighted by atomic mass is 35.5. The van der Waals surface area contributed by atoms with Gasteiger partial charge in [0, 0.05) is 35.1 Å². The molecule has 1 N–H and O–H groups in total. The molecule has 0 bridgehead atoms. The van der Waals surface area contributed by atoms with E-state index in [0.717, 1.165) is 19.3 Å². The minimum atomic E-state index is -0.0116. The first-order chi connectivity index (χ1) is 14.7. The number of amides is 2. The maximum absolute atomic E-state index is 12.9. The lowest BCUT2D eigenvalue weighted by molar-refractivity contribution is -0.138. The maximum atomic E-state index is 12.9. The molecule has 4 nitrogen and oxygen atoms in total. The molecule has 1 aliphatic heterocycles. The smallest absolute Gasteiger partial charge is 0.251 e. The lowest BCUT2D eigenvalue weighted by Gasteiger charge is -2.60. The van der Waals surface area contributed by atoms with Gasteiger partial charge >= 0.3 is 0 Å². The minimum absolute atomic E-state index is 0.0116. The summed E-state index contributed by atoms with van der Waals surface area (Å²) >= 11 is 6.10. The first kappa shape index (κ1) is 21.1. The molecule has 2 amide bonds. The number of benzene rings is 1. The fraction of sp³-hybridized carbons (Fsp3) is 0.615. The van der Waals surface area contributed by atoms with Gasteiger partial charge in [-0.1, -0.05) is 37.6 Å². The van der Waals surface area contributed by atoms with E-state index in [2.05, 4.69) is 25.2 Å². The van der Waals surface area contributed by atoms with Crippen molar-refractivity contribution in [2.24, 2.45) is 28.6 Å². The SMILES string of the molecule is CN1C(=O)C=C[C@@]2(C)C1CC[C@@H]1[C@H]2CC[C@]2(C)C(NC(=O)c3cccc(Cl)c3)CC[C@@H]12. The minimum Gasteiger partial charge on any atom is -0.349 e. The Bertz CT molecular complexity index is 945. The van der Waals surface area contributed by atoms with E-state index in [4.69, 9.17) is 11.6 Å². The van der Waals surface area contributed by atoms with Gasteiger partial charge in [0.2, 0.25) is 5.91 Å². The van der Waals surface area contributed by atoms with Crippen molar-refractivity contribution in [3.63, 3.8) is 0 Å². The van der Waals surface area contributed by atoms with Crippen LogP contribution < -0.4 is 5.32 Å². The van der Waals surface area contributed by atoms with Crippen molar-refractivity contribution in [1.82, 2.24) is 10.2 Å². The average molecular weight is 441 g/mol. The largest absolute Gasteiger partial charge is 0.349 e. The van der Waals surface area contributed by atoms with E-state index in [1.54, 1.807) is 18.2 Å². The predicted octanol–water partition coefficient (Wildman–Crippen LogP) is 5.08. The molecule has 166 valence electrons. The third-order valence-electron chi connectivity index (χ3n) is 9.52. The third-order valence-corrected chi connectivity index (χ3v) is 9.75. The van der Waals surface area contributed by atoms with Gasteiger partial charge in [-0.15, -0.1) is 0 Å². The molecular formula is C26H33ClN2O2. The van der Waals surface area contributed by atoms with Crippen molar-refractivity contribution in [3.05, 3.63) is 47.0 Å². The number of nitrogens with one attached hydrogen (secondary N) is 1. The van der Waals surface area contributed by atoms with E-state index >= 15 is 0 Å². The van der Waals surface area contributed by atoms with Gasteiger partial charge in [-0.3, -0.25) is 9.59 Å². The molecule has 3 fully saturated rings. The van der Waals surface area contributed by atoms with Gasteiger partial charge in [0.1, 0.15) is 0 Å². The van der Waals surface area contributed by atoms with Crippen molar-refractivity contribution < 1.29 is 9.59 Å². The number of carbonyl (C=O) groups is 2. The van der Waals surface area contributed by atoms with E-state index in [9.17, 15) is 9.59 Å². The topological polar surface area (TPSA) is 49.4 Å². The number of halogens is 1. The maximum Gasteiger partial charge on any atom is 0.251 e. The number of rotatable bonds is 2. The van der Waals surface area contributed by atoms with Crippen molar-refractivity contribution in [3.8, 4) is 0 Å². The Labute approximate surface area is 190 Å². The summed E-state index contributed by atoms with van der Waals surface area (Å²) in [7, 11) is 1.97. The number of nitrogens with zero attached hydrogens (tertiary/aromatic N) is 1. The van der Waals surface area contributed by atoms with Crippen LogP contribution in [0.3, 0.4) is 0 Å². The van der Waals surface area contributed by atoms with E-state index < -0.39 is 0 Å². The molecule has 3 saturated carbocycles. The number of likely N-dealkylation sites (N-methyl/N-ethyl adjacent to an activating group) is 1. The Morgan fingerprint density at radius 2 is 1.94 bits per heavy atom. The highest BCUT2D eigenvalue weighted by Crippen LogP contribution is 2.63. The highest BCUT2D eigenvalue weighted by Gasteiger charge is 2.60. The van der Waals surface area contributed by atoms with Gasteiger partial charge in [-0.05, 0) is 86.0 Å². The molecule has 31 heavy (non-hydrogen) atoms. The van der Waals surface area contributed by atoms with Crippen LogP contribution in [0, 0.1) is 28.6 Å². The number of hydrogen-bond acceptors (Lipinski definition) is 2. The van der Waals surface area contributed by atoms with Crippen LogP contribution in [0.25, 0.3) is 0 Å². The van der Waals surface area contributed by atoms with E-state index in [0.29, 0.717) is 34.4 Å². The van der Waals surface area contributed by atoms with E-state index in [-0.39, 0.29) is 28.7 Å². The Kier molecular flexibility index (Phi) is 5.00. The second-order valence-corrected chi connectivity index (χ2v) is 11.2. The zero-order valence-electron chi connectivity index (χ0n) is 18.7. The summed E-state index contributed by atoms with van der Waals surface area (Å²) in [6.07, 6.45) is 10.8. The van der Waals surface area contributed by atoms with Crippen LogP contribution in [0.2, 0.25) is 5.02 Å². The van der Waals surface area contributed by atoms with Gasteiger partial charge in [-0.25, -0.2) is 0 Å². The molecule has 5 rings (SSSR count). The zero-order chi connectivity index (χ0) is 22.0. The predicted molar refractivity (Wildman–Crippen MR) is 123 cm³/mol. The Hall–Kier alpha value is -1.81. The zero-order valence-corrected chi connectivity index (χ0v) is 19.5. The molecule has 7 atom stereocenters. The number of hydrogen-bond donors (Lipinski definition) is 1. The molecule has 2 unspecified atom stereocenters. The van der Waals surface area contributed by atoms with Gasteiger partial charge in [-0.2, -0.15) is 0 Å².